The maximum Gasteiger partial charge on any atom is 0.123 e. The van der Waals surface area contributed by atoms with Gasteiger partial charge in [0.15, 0.2) is 0 Å². The van der Waals surface area contributed by atoms with Gasteiger partial charge in [-0.15, -0.1) is 0 Å². The third-order valence-corrected chi connectivity index (χ3v) is 3.93. The standard InChI is InChI=1S/C15H19FN2/c1-12-9-14(16)4-3-13(12)10-18-7-5-15(2,11-17)6-8-18/h3-4,9H,5-8,10H2,1-2H3. The molecule has 1 aliphatic rings. The maximum absolute atomic E-state index is 13.0. The van der Waals surface area contributed by atoms with Crippen LogP contribution in [0.5, 0.6) is 0 Å². The van der Waals surface area contributed by atoms with Gasteiger partial charge in [0.25, 0.3) is 0 Å². The normalized spacial score (nSPS) is 19.4. The number of halogens is 1. The van der Waals surface area contributed by atoms with E-state index in [-0.39, 0.29) is 11.2 Å². The van der Waals surface area contributed by atoms with Gasteiger partial charge in [-0.05, 0) is 63.0 Å². The van der Waals surface area contributed by atoms with E-state index in [4.69, 9.17) is 5.26 Å². The van der Waals surface area contributed by atoms with Gasteiger partial charge >= 0.3 is 0 Å². The summed E-state index contributed by atoms with van der Waals surface area (Å²) in [6, 6.07) is 7.37. The fraction of sp³-hybridized carbons (Fsp3) is 0.533. The maximum atomic E-state index is 13.0. The van der Waals surface area contributed by atoms with Crippen molar-refractivity contribution in [2.45, 2.75) is 33.2 Å². The van der Waals surface area contributed by atoms with Gasteiger partial charge in [-0.3, -0.25) is 4.90 Å². The van der Waals surface area contributed by atoms with E-state index >= 15 is 0 Å². The fourth-order valence-electron chi connectivity index (χ4n) is 2.39. The number of nitriles is 1. The topological polar surface area (TPSA) is 27.0 Å². The molecule has 1 saturated heterocycles. The first-order chi connectivity index (χ1) is 8.52. The Kier molecular flexibility index (Phi) is 3.68. The molecule has 96 valence electrons. The molecule has 0 bridgehead atoms. The van der Waals surface area contributed by atoms with Gasteiger partial charge in [0.2, 0.25) is 0 Å². The zero-order valence-corrected chi connectivity index (χ0v) is 11.0. The van der Waals surface area contributed by atoms with Crippen molar-refractivity contribution >= 4 is 0 Å². The molecule has 1 aromatic carbocycles. The highest BCUT2D eigenvalue weighted by molar-refractivity contribution is 5.26. The molecule has 1 aromatic rings. The van der Waals surface area contributed by atoms with Gasteiger partial charge < -0.3 is 0 Å². The van der Waals surface area contributed by atoms with Crippen molar-refractivity contribution in [1.82, 2.24) is 4.90 Å². The lowest BCUT2D eigenvalue weighted by molar-refractivity contribution is 0.150. The number of nitrogens with zero attached hydrogens (tertiary/aromatic N) is 2. The lowest BCUT2D eigenvalue weighted by atomic mass is 9.82. The molecule has 1 heterocycles. The summed E-state index contributed by atoms with van der Waals surface area (Å²) in [6.07, 6.45) is 1.84. The molecule has 1 aliphatic heterocycles. The second-order valence-electron chi connectivity index (χ2n) is 5.52. The first-order valence-corrected chi connectivity index (χ1v) is 6.41. The van der Waals surface area contributed by atoms with Gasteiger partial charge in [-0.1, -0.05) is 6.07 Å². The SMILES string of the molecule is Cc1cc(F)ccc1CN1CCC(C)(C#N)CC1. The van der Waals surface area contributed by atoms with Crippen molar-refractivity contribution in [1.29, 1.82) is 5.26 Å². The molecule has 2 rings (SSSR count). The van der Waals surface area contributed by atoms with Gasteiger partial charge in [0, 0.05) is 6.54 Å². The summed E-state index contributed by atoms with van der Waals surface area (Å²) < 4.78 is 13.0. The predicted molar refractivity (Wildman–Crippen MR) is 69.4 cm³/mol. The lowest BCUT2D eigenvalue weighted by Gasteiger charge is -2.35. The van der Waals surface area contributed by atoms with Crippen molar-refractivity contribution in [3.05, 3.63) is 35.1 Å². The van der Waals surface area contributed by atoms with Gasteiger partial charge in [0.05, 0.1) is 11.5 Å². The summed E-state index contributed by atoms with van der Waals surface area (Å²) in [5.41, 5.74) is 2.02. The molecular weight excluding hydrogens is 227 g/mol. The van der Waals surface area contributed by atoms with Crippen molar-refractivity contribution in [3.63, 3.8) is 0 Å². The van der Waals surface area contributed by atoms with Crippen LogP contribution in [0.4, 0.5) is 4.39 Å². The summed E-state index contributed by atoms with van der Waals surface area (Å²) in [4.78, 5) is 2.35. The Morgan fingerprint density at radius 3 is 2.61 bits per heavy atom. The Morgan fingerprint density at radius 1 is 1.39 bits per heavy atom. The fourth-order valence-corrected chi connectivity index (χ4v) is 2.39. The van der Waals surface area contributed by atoms with Crippen molar-refractivity contribution in [2.24, 2.45) is 5.41 Å². The van der Waals surface area contributed by atoms with Crippen LogP contribution in [0, 0.1) is 29.5 Å². The van der Waals surface area contributed by atoms with E-state index in [1.807, 2.05) is 19.9 Å². The molecule has 2 nitrogen and oxygen atoms in total. The van der Waals surface area contributed by atoms with Crippen molar-refractivity contribution < 1.29 is 4.39 Å². The van der Waals surface area contributed by atoms with Crippen LogP contribution in [0.3, 0.4) is 0 Å². The highest BCUT2D eigenvalue weighted by Gasteiger charge is 2.29. The summed E-state index contributed by atoms with van der Waals surface area (Å²) in [7, 11) is 0. The van der Waals surface area contributed by atoms with E-state index in [2.05, 4.69) is 11.0 Å². The summed E-state index contributed by atoms with van der Waals surface area (Å²) in [6.45, 7) is 6.73. The van der Waals surface area contributed by atoms with Gasteiger partial charge in [-0.2, -0.15) is 5.26 Å². The van der Waals surface area contributed by atoms with Crippen molar-refractivity contribution in [3.8, 4) is 6.07 Å². The van der Waals surface area contributed by atoms with E-state index in [0.717, 1.165) is 38.0 Å². The van der Waals surface area contributed by atoms with Crippen LogP contribution < -0.4 is 0 Å². The molecule has 0 spiro atoms. The molecule has 0 unspecified atom stereocenters. The molecular formula is C15H19FN2. The quantitative estimate of drug-likeness (QED) is 0.801. The smallest absolute Gasteiger partial charge is 0.123 e. The Labute approximate surface area is 108 Å². The first-order valence-electron chi connectivity index (χ1n) is 6.41. The zero-order valence-electron chi connectivity index (χ0n) is 11.0. The molecule has 0 N–H and O–H groups in total. The third kappa shape index (κ3) is 2.88. The van der Waals surface area contributed by atoms with Crippen LogP contribution in [-0.2, 0) is 6.54 Å². The van der Waals surface area contributed by atoms with E-state index < -0.39 is 0 Å². The number of aryl methyl sites for hydroxylation is 1. The van der Waals surface area contributed by atoms with E-state index in [1.165, 1.54) is 11.6 Å². The molecule has 0 amide bonds. The minimum Gasteiger partial charge on any atom is -0.299 e. The van der Waals surface area contributed by atoms with E-state index in [1.54, 1.807) is 6.07 Å². The molecule has 0 atom stereocenters. The van der Waals surface area contributed by atoms with Crippen LogP contribution in [0.25, 0.3) is 0 Å². The first kappa shape index (κ1) is 13.0. The molecule has 0 aromatic heterocycles. The number of likely N-dealkylation sites (tertiary alicyclic amines) is 1. The van der Waals surface area contributed by atoms with Gasteiger partial charge in [-0.25, -0.2) is 4.39 Å². The number of rotatable bonds is 2. The summed E-state index contributed by atoms with van der Waals surface area (Å²) in [5, 5.41) is 9.09. The van der Waals surface area contributed by atoms with Crippen LogP contribution >= 0.6 is 0 Å². The Bertz CT molecular complexity index is 468. The lowest BCUT2D eigenvalue weighted by Crippen LogP contribution is -2.37. The second kappa shape index (κ2) is 5.07. The Balaban J connectivity index is 1.98. The average Bonchev–Trinajstić information content (AvgIpc) is 2.36. The zero-order chi connectivity index (χ0) is 13.2. The second-order valence-corrected chi connectivity index (χ2v) is 5.52. The van der Waals surface area contributed by atoms with Crippen molar-refractivity contribution in [2.75, 3.05) is 13.1 Å². The van der Waals surface area contributed by atoms with Crippen LogP contribution in [0.15, 0.2) is 18.2 Å². The minimum atomic E-state index is -0.174. The molecule has 18 heavy (non-hydrogen) atoms. The molecule has 3 heteroatoms. The molecule has 0 radical (unpaired) electrons. The summed E-state index contributed by atoms with van der Waals surface area (Å²) in [5.74, 6) is -0.174. The van der Waals surface area contributed by atoms with Crippen LogP contribution in [0.1, 0.15) is 30.9 Å². The van der Waals surface area contributed by atoms with E-state index in [0.29, 0.717) is 0 Å². The predicted octanol–water partition coefficient (Wildman–Crippen LogP) is 3.26. The Morgan fingerprint density at radius 2 is 2.06 bits per heavy atom. The monoisotopic (exact) mass is 246 g/mol. The molecule has 0 aliphatic carbocycles. The minimum absolute atomic E-state index is 0.158. The summed E-state index contributed by atoms with van der Waals surface area (Å²) >= 11 is 0. The van der Waals surface area contributed by atoms with Gasteiger partial charge in [0.1, 0.15) is 5.82 Å². The molecule has 1 fully saturated rings. The number of piperidine rings is 1. The Hall–Kier alpha value is -1.40. The number of benzene rings is 1. The average molecular weight is 246 g/mol. The van der Waals surface area contributed by atoms with Crippen LogP contribution in [0.2, 0.25) is 0 Å². The largest absolute Gasteiger partial charge is 0.299 e. The highest BCUT2D eigenvalue weighted by Crippen LogP contribution is 2.30. The number of hydrogen-bond donors (Lipinski definition) is 0. The number of hydrogen-bond acceptors (Lipinski definition) is 2. The van der Waals surface area contributed by atoms with E-state index in [9.17, 15) is 4.39 Å². The molecule has 0 saturated carbocycles. The van der Waals surface area contributed by atoms with Crippen LogP contribution in [-0.4, -0.2) is 18.0 Å². The third-order valence-electron chi connectivity index (χ3n) is 3.93. The highest BCUT2D eigenvalue weighted by atomic mass is 19.1.